The van der Waals surface area contributed by atoms with Crippen LogP contribution < -0.4 is 10.6 Å². The van der Waals surface area contributed by atoms with Crippen LogP contribution >= 0.6 is 0 Å². The number of carboxylic acid groups (broad SMARTS) is 1. The van der Waals surface area contributed by atoms with E-state index in [0.717, 1.165) is 19.3 Å². The molecule has 0 saturated carbocycles. The zero-order chi connectivity index (χ0) is 14.5. The summed E-state index contributed by atoms with van der Waals surface area (Å²) in [6.45, 7) is 1.88. The van der Waals surface area contributed by atoms with Crippen LogP contribution in [0.1, 0.15) is 37.3 Å². The number of aryl methyl sites for hydroxylation is 2. The average Bonchev–Trinajstić information content (AvgIpc) is 2.85. The Morgan fingerprint density at radius 1 is 1.30 bits per heavy atom. The maximum absolute atomic E-state index is 11.8. The molecule has 0 fully saturated rings. The van der Waals surface area contributed by atoms with Crippen molar-refractivity contribution in [3.05, 3.63) is 29.3 Å². The lowest BCUT2D eigenvalue weighted by molar-refractivity contribution is -0.139. The summed E-state index contributed by atoms with van der Waals surface area (Å²) in [7, 11) is 0. The lowest BCUT2D eigenvalue weighted by Crippen LogP contribution is -2.42. The number of amides is 2. The third kappa shape index (κ3) is 3.50. The highest BCUT2D eigenvalue weighted by Gasteiger charge is 2.19. The quantitative estimate of drug-likeness (QED) is 0.773. The zero-order valence-electron chi connectivity index (χ0n) is 11.6. The van der Waals surface area contributed by atoms with Gasteiger partial charge in [-0.1, -0.05) is 19.4 Å². The van der Waals surface area contributed by atoms with E-state index in [0.29, 0.717) is 18.5 Å². The SMILES string of the molecule is CCC[C@@H](NC(=O)Nc1ccc2c(c1)CCC2)C(=O)O. The highest BCUT2D eigenvalue weighted by molar-refractivity contribution is 5.92. The van der Waals surface area contributed by atoms with Gasteiger partial charge in [-0.3, -0.25) is 0 Å². The lowest BCUT2D eigenvalue weighted by Gasteiger charge is -2.14. The minimum absolute atomic E-state index is 0.424. The second-order valence-corrected chi connectivity index (χ2v) is 5.12. The van der Waals surface area contributed by atoms with Crippen molar-refractivity contribution < 1.29 is 14.7 Å². The predicted molar refractivity (Wildman–Crippen MR) is 77.0 cm³/mol. The van der Waals surface area contributed by atoms with E-state index >= 15 is 0 Å². The van der Waals surface area contributed by atoms with Gasteiger partial charge in [0.25, 0.3) is 0 Å². The largest absolute Gasteiger partial charge is 0.480 e. The highest BCUT2D eigenvalue weighted by Crippen LogP contribution is 2.24. The fraction of sp³-hybridized carbons (Fsp3) is 0.467. The number of anilines is 1. The summed E-state index contributed by atoms with van der Waals surface area (Å²) >= 11 is 0. The summed E-state index contributed by atoms with van der Waals surface area (Å²) < 4.78 is 0. The van der Waals surface area contributed by atoms with Gasteiger partial charge >= 0.3 is 12.0 Å². The first-order valence-corrected chi connectivity index (χ1v) is 7.02. The molecule has 20 heavy (non-hydrogen) atoms. The van der Waals surface area contributed by atoms with Crippen molar-refractivity contribution in [2.45, 2.75) is 45.1 Å². The second kappa shape index (κ2) is 6.41. The molecule has 108 valence electrons. The molecule has 0 spiro atoms. The fourth-order valence-corrected chi connectivity index (χ4v) is 2.52. The number of urea groups is 1. The molecule has 2 rings (SSSR count). The summed E-state index contributed by atoms with van der Waals surface area (Å²) in [5.41, 5.74) is 3.32. The van der Waals surface area contributed by atoms with Gasteiger partial charge in [0, 0.05) is 5.69 Å². The van der Waals surface area contributed by atoms with E-state index in [1.165, 1.54) is 11.1 Å². The maximum atomic E-state index is 11.8. The van der Waals surface area contributed by atoms with Crippen LogP contribution in [0.3, 0.4) is 0 Å². The van der Waals surface area contributed by atoms with Gasteiger partial charge in [-0.2, -0.15) is 0 Å². The molecule has 1 aliphatic rings. The minimum atomic E-state index is -1.00. The van der Waals surface area contributed by atoms with Gasteiger partial charge in [-0.05, 0) is 48.9 Å². The van der Waals surface area contributed by atoms with Crippen LogP contribution in [0.15, 0.2) is 18.2 Å². The number of nitrogens with one attached hydrogen (secondary N) is 2. The molecular formula is C15H20N2O3. The topological polar surface area (TPSA) is 78.4 Å². The van der Waals surface area contributed by atoms with Gasteiger partial charge in [0.2, 0.25) is 0 Å². The summed E-state index contributed by atoms with van der Waals surface area (Å²) in [6.07, 6.45) is 4.42. The third-order valence-corrected chi connectivity index (χ3v) is 3.54. The Hall–Kier alpha value is -2.04. The van der Waals surface area contributed by atoms with Crippen LogP contribution in [0.2, 0.25) is 0 Å². The molecule has 5 nitrogen and oxygen atoms in total. The molecule has 5 heteroatoms. The zero-order valence-corrected chi connectivity index (χ0v) is 11.6. The van der Waals surface area contributed by atoms with E-state index < -0.39 is 18.0 Å². The molecule has 1 aromatic rings. The summed E-state index contributed by atoms with van der Waals surface area (Å²) in [5, 5.41) is 14.2. The lowest BCUT2D eigenvalue weighted by atomic mass is 10.1. The molecule has 2 amide bonds. The van der Waals surface area contributed by atoms with Gasteiger partial charge in [0.1, 0.15) is 6.04 Å². The molecule has 0 aliphatic heterocycles. The Labute approximate surface area is 118 Å². The van der Waals surface area contributed by atoms with Crippen molar-refractivity contribution in [3.8, 4) is 0 Å². The number of fused-ring (bicyclic) bond motifs is 1. The maximum Gasteiger partial charge on any atom is 0.326 e. The summed E-state index contributed by atoms with van der Waals surface area (Å²) in [5.74, 6) is -1.00. The van der Waals surface area contributed by atoms with Crippen LogP contribution in [0.4, 0.5) is 10.5 Å². The normalized spacial score (nSPS) is 14.4. The van der Waals surface area contributed by atoms with Crippen LogP contribution in [0.5, 0.6) is 0 Å². The van der Waals surface area contributed by atoms with E-state index in [9.17, 15) is 9.59 Å². The molecule has 3 N–H and O–H groups in total. The molecule has 0 radical (unpaired) electrons. The number of hydrogen-bond acceptors (Lipinski definition) is 2. The molecule has 1 atom stereocenters. The van der Waals surface area contributed by atoms with Crippen LogP contribution in [0, 0.1) is 0 Å². The third-order valence-electron chi connectivity index (χ3n) is 3.54. The average molecular weight is 276 g/mol. The monoisotopic (exact) mass is 276 g/mol. The Morgan fingerprint density at radius 2 is 2.05 bits per heavy atom. The van der Waals surface area contributed by atoms with E-state index in [2.05, 4.69) is 10.6 Å². The Bertz CT molecular complexity index is 514. The fourth-order valence-electron chi connectivity index (χ4n) is 2.52. The number of aliphatic carboxylic acids is 1. The van der Waals surface area contributed by atoms with Gasteiger partial charge in [-0.15, -0.1) is 0 Å². The number of hydrogen-bond donors (Lipinski definition) is 3. The minimum Gasteiger partial charge on any atom is -0.480 e. The second-order valence-electron chi connectivity index (χ2n) is 5.12. The molecule has 0 bridgehead atoms. The molecule has 0 saturated heterocycles. The standard InChI is InChI=1S/C15H20N2O3/c1-2-4-13(14(18)19)17-15(20)16-12-8-7-10-5-3-6-11(10)9-12/h7-9,13H,2-6H2,1H3,(H,18,19)(H2,16,17,20)/t13-/m1/s1. The number of carbonyl (C=O) groups is 2. The first-order chi connectivity index (χ1) is 9.60. The molecule has 0 unspecified atom stereocenters. The summed E-state index contributed by atoms with van der Waals surface area (Å²) in [4.78, 5) is 22.8. The van der Waals surface area contributed by atoms with Crippen LogP contribution in [-0.4, -0.2) is 23.1 Å². The highest BCUT2D eigenvalue weighted by atomic mass is 16.4. The first-order valence-electron chi connectivity index (χ1n) is 7.02. The number of rotatable bonds is 5. The first kappa shape index (κ1) is 14.4. The van der Waals surface area contributed by atoms with Gasteiger partial charge in [0.15, 0.2) is 0 Å². The number of benzene rings is 1. The Kier molecular flexibility index (Phi) is 4.61. The summed E-state index contributed by atoms with van der Waals surface area (Å²) in [6, 6.07) is 4.55. The van der Waals surface area contributed by atoms with Gasteiger partial charge in [-0.25, -0.2) is 9.59 Å². The number of carbonyl (C=O) groups excluding carboxylic acids is 1. The smallest absolute Gasteiger partial charge is 0.326 e. The van der Waals surface area contributed by atoms with Crippen LogP contribution in [-0.2, 0) is 17.6 Å². The van der Waals surface area contributed by atoms with Crippen molar-refractivity contribution in [2.24, 2.45) is 0 Å². The molecule has 0 aromatic heterocycles. The van der Waals surface area contributed by atoms with Gasteiger partial charge < -0.3 is 15.7 Å². The molecule has 1 aromatic carbocycles. The van der Waals surface area contributed by atoms with E-state index in [-0.39, 0.29) is 0 Å². The van der Waals surface area contributed by atoms with Crippen molar-refractivity contribution in [1.29, 1.82) is 0 Å². The molecule has 0 heterocycles. The van der Waals surface area contributed by atoms with E-state index in [4.69, 9.17) is 5.11 Å². The number of carboxylic acids is 1. The van der Waals surface area contributed by atoms with Crippen molar-refractivity contribution in [2.75, 3.05) is 5.32 Å². The van der Waals surface area contributed by atoms with Gasteiger partial charge in [0.05, 0.1) is 0 Å². The molecular weight excluding hydrogens is 256 g/mol. The van der Waals surface area contributed by atoms with Crippen LogP contribution in [0.25, 0.3) is 0 Å². The molecule has 1 aliphatic carbocycles. The Morgan fingerprint density at radius 3 is 2.75 bits per heavy atom. The van der Waals surface area contributed by atoms with E-state index in [1.54, 1.807) is 0 Å². The predicted octanol–water partition coefficient (Wildman–Crippen LogP) is 2.55. The van der Waals surface area contributed by atoms with E-state index in [1.807, 2.05) is 25.1 Å². The van der Waals surface area contributed by atoms with Crippen molar-refractivity contribution in [1.82, 2.24) is 5.32 Å². The van der Waals surface area contributed by atoms with Crippen molar-refractivity contribution in [3.63, 3.8) is 0 Å². The van der Waals surface area contributed by atoms with Crippen molar-refractivity contribution >= 4 is 17.7 Å². The Balaban J connectivity index is 1.95.